The lowest BCUT2D eigenvalue weighted by Crippen LogP contribution is -1.96. The van der Waals surface area contributed by atoms with Crippen LogP contribution in [0.5, 0.6) is 5.75 Å². The van der Waals surface area contributed by atoms with Gasteiger partial charge in [-0.25, -0.2) is 4.39 Å². The van der Waals surface area contributed by atoms with Crippen LogP contribution in [-0.2, 0) is 0 Å². The summed E-state index contributed by atoms with van der Waals surface area (Å²) in [5.41, 5.74) is 1.01. The lowest BCUT2D eigenvalue weighted by Gasteiger charge is -2.10. The molecule has 0 saturated heterocycles. The van der Waals surface area contributed by atoms with Crippen molar-refractivity contribution in [3.05, 3.63) is 48.2 Å². The summed E-state index contributed by atoms with van der Waals surface area (Å²) < 4.78 is 18.2. The summed E-state index contributed by atoms with van der Waals surface area (Å²) in [5, 5.41) is 0. The predicted octanol–water partition coefficient (Wildman–Crippen LogP) is 3.08. The second-order valence-electron chi connectivity index (χ2n) is 3.36. The van der Waals surface area contributed by atoms with E-state index in [-0.39, 0.29) is 5.82 Å². The Labute approximate surface area is 83.2 Å². The SMILES string of the molecule is COc1ccc(C2[CH]C=CC2)cc1F. The van der Waals surface area contributed by atoms with Crippen LogP contribution in [0.15, 0.2) is 30.4 Å². The van der Waals surface area contributed by atoms with Crippen molar-refractivity contribution in [1.82, 2.24) is 0 Å². The molecule has 14 heavy (non-hydrogen) atoms. The zero-order chi connectivity index (χ0) is 9.97. The molecule has 73 valence electrons. The van der Waals surface area contributed by atoms with Gasteiger partial charge in [-0.1, -0.05) is 18.2 Å². The lowest BCUT2D eigenvalue weighted by molar-refractivity contribution is 0.386. The molecule has 0 spiro atoms. The van der Waals surface area contributed by atoms with E-state index in [4.69, 9.17) is 4.74 Å². The molecule has 1 radical (unpaired) electrons. The van der Waals surface area contributed by atoms with Gasteiger partial charge in [-0.3, -0.25) is 0 Å². The van der Waals surface area contributed by atoms with Gasteiger partial charge in [-0.2, -0.15) is 0 Å². The summed E-state index contributed by atoms with van der Waals surface area (Å²) in [4.78, 5) is 0. The Morgan fingerprint density at radius 1 is 1.43 bits per heavy atom. The molecule has 2 rings (SSSR count). The minimum Gasteiger partial charge on any atom is -0.494 e. The Morgan fingerprint density at radius 2 is 2.29 bits per heavy atom. The number of hydrogen-bond donors (Lipinski definition) is 0. The highest BCUT2D eigenvalue weighted by Crippen LogP contribution is 2.30. The summed E-state index contributed by atoms with van der Waals surface area (Å²) >= 11 is 0. The highest BCUT2D eigenvalue weighted by atomic mass is 19.1. The Morgan fingerprint density at radius 3 is 2.86 bits per heavy atom. The summed E-state index contributed by atoms with van der Waals surface area (Å²) in [6.45, 7) is 0. The molecule has 0 N–H and O–H groups in total. The number of methoxy groups -OCH3 is 1. The highest BCUT2D eigenvalue weighted by Gasteiger charge is 2.14. The molecule has 0 aliphatic heterocycles. The van der Waals surface area contributed by atoms with E-state index in [2.05, 4.69) is 12.5 Å². The largest absolute Gasteiger partial charge is 0.494 e. The standard InChI is InChI=1S/C12H12FO/c1-14-12-7-6-10(8-11(12)13)9-4-2-3-5-9/h2-4,6-9H,5H2,1H3. The van der Waals surface area contributed by atoms with Gasteiger partial charge in [0, 0.05) is 0 Å². The van der Waals surface area contributed by atoms with Gasteiger partial charge in [-0.05, 0) is 36.5 Å². The quantitative estimate of drug-likeness (QED) is 0.698. The normalized spacial score (nSPS) is 16.1. The van der Waals surface area contributed by atoms with Crippen molar-refractivity contribution in [2.75, 3.05) is 7.11 Å². The Kier molecular flexibility index (Phi) is 2.53. The van der Waals surface area contributed by atoms with Crippen molar-refractivity contribution in [1.29, 1.82) is 0 Å². The van der Waals surface area contributed by atoms with Crippen LogP contribution in [0.3, 0.4) is 0 Å². The van der Waals surface area contributed by atoms with E-state index >= 15 is 0 Å². The maximum Gasteiger partial charge on any atom is 0.165 e. The fraction of sp³-hybridized carbons (Fsp3) is 0.250. The molecule has 0 amide bonds. The van der Waals surface area contributed by atoms with Gasteiger partial charge < -0.3 is 4.74 Å². The van der Waals surface area contributed by atoms with E-state index in [1.807, 2.05) is 12.1 Å². The van der Waals surface area contributed by atoms with E-state index in [1.165, 1.54) is 7.11 Å². The molecule has 1 atom stereocenters. The molecule has 1 aromatic rings. The van der Waals surface area contributed by atoms with Crippen molar-refractivity contribution < 1.29 is 9.13 Å². The fourth-order valence-corrected chi connectivity index (χ4v) is 1.68. The van der Waals surface area contributed by atoms with Crippen LogP contribution >= 0.6 is 0 Å². The number of halogens is 1. The van der Waals surface area contributed by atoms with Crippen molar-refractivity contribution in [3.63, 3.8) is 0 Å². The molecule has 2 heteroatoms. The molecule has 0 fully saturated rings. The molecule has 0 heterocycles. The first-order valence-electron chi connectivity index (χ1n) is 4.64. The van der Waals surface area contributed by atoms with Gasteiger partial charge >= 0.3 is 0 Å². The molecule has 1 aliphatic carbocycles. The molecule has 1 unspecified atom stereocenters. The Hall–Kier alpha value is -1.31. The van der Waals surface area contributed by atoms with Gasteiger partial charge in [0.1, 0.15) is 0 Å². The monoisotopic (exact) mass is 191 g/mol. The zero-order valence-electron chi connectivity index (χ0n) is 8.03. The number of rotatable bonds is 2. The predicted molar refractivity (Wildman–Crippen MR) is 53.8 cm³/mol. The van der Waals surface area contributed by atoms with Crippen LogP contribution in [-0.4, -0.2) is 7.11 Å². The minimum absolute atomic E-state index is 0.287. The van der Waals surface area contributed by atoms with E-state index in [0.717, 1.165) is 12.0 Å². The first-order chi connectivity index (χ1) is 6.81. The summed E-state index contributed by atoms with van der Waals surface area (Å²) in [5.74, 6) is 0.348. The van der Waals surface area contributed by atoms with Gasteiger partial charge in [0.2, 0.25) is 0 Å². The Balaban J connectivity index is 2.23. The molecule has 0 bridgehead atoms. The number of benzene rings is 1. The third kappa shape index (κ3) is 1.65. The summed E-state index contributed by atoms with van der Waals surface area (Å²) in [6.07, 6.45) is 7.16. The zero-order valence-corrected chi connectivity index (χ0v) is 8.03. The van der Waals surface area contributed by atoms with E-state index in [0.29, 0.717) is 11.7 Å². The molecular formula is C12H12FO. The second-order valence-corrected chi connectivity index (χ2v) is 3.36. The highest BCUT2D eigenvalue weighted by molar-refractivity contribution is 5.35. The van der Waals surface area contributed by atoms with Crippen LogP contribution in [0.4, 0.5) is 4.39 Å². The molecule has 1 nitrogen and oxygen atoms in total. The number of allylic oxidation sites excluding steroid dienone is 2. The van der Waals surface area contributed by atoms with Crippen LogP contribution in [0.2, 0.25) is 0 Å². The molecular weight excluding hydrogens is 179 g/mol. The third-order valence-electron chi connectivity index (χ3n) is 2.47. The first kappa shape index (κ1) is 9.25. The van der Waals surface area contributed by atoms with Gasteiger partial charge in [0.05, 0.1) is 7.11 Å². The summed E-state index contributed by atoms with van der Waals surface area (Å²) in [6, 6.07) is 5.14. The number of hydrogen-bond acceptors (Lipinski definition) is 1. The summed E-state index contributed by atoms with van der Waals surface area (Å²) in [7, 11) is 1.47. The van der Waals surface area contributed by atoms with Crippen molar-refractivity contribution in [3.8, 4) is 5.75 Å². The van der Waals surface area contributed by atoms with Crippen molar-refractivity contribution >= 4 is 0 Å². The average Bonchev–Trinajstić information content (AvgIpc) is 2.70. The molecule has 0 saturated carbocycles. The maximum atomic E-state index is 13.3. The fourth-order valence-electron chi connectivity index (χ4n) is 1.68. The third-order valence-corrected chi connectivity index (χ3v) is 2.47. The van der Waals surface area contributed by atoms with Crippen LogP contribution < -0.4 is 4.74 Å². The number of ether oxygens (including phenoxy) is 1. The van der Waals surface area contributed by atoms with Crippen LogP contribution in [0.1, 0.15) is 17.9 Å². The Bertz CT molecular complexity index is 349. The molecule has 1 aromatic carbocycles. The van der Waals surface area contributed by atoms with Gasteiger partial charge in [0.15, 0.2) is 11.6 Å². The first-order valence-corrected chi connectivity index (χ1v) is 4.64. The van der Waals surface area contributed by atoms with Gasteiger partial charge in [0.25, 0.3) is 0 Å². The van der Waals surface area contributed by atoms with E-state index < -0.39 is 0 Å². The van der Waals surface area contributed by atoms with Crippen molar-refractivity contribution in [2.45, 2.75) is 12.3 Å². The second kappa shape index (κ2) is 3.82. The topological polar surface area (TPSA) is 9.23 Å². The average molecular weight is 191 g/mol. The van der Waals surface area contributed by atoms with E-state index in [1.54, 1.807) is 12.1 Å². The van der Waals surface area contributed by atoms with Gasteiger partial charge in [-0.15, -0.1) is 0 Å². The smallest absolute Gasteiger partial charge is 0.165 e. The maximum absolute atomic E-state index is 13.3. The lowest BCUT2D eigenvalue weighted by atomic mass is 9.97. The molecule has 0 aromatic heterocycles. The van der Waals surface area contributed by atoms with Crippen LogP contribution in [0, 0.1) is 12.2 Å². The van der Waals surface area contributed by atoms with Crippen LogP contribution in [0.25, 0.3) is 0 Å². The van der Waals surface area contributed by atoms with Crippen molar-refractivity contribution in [2.24, 2.45) is 0 Å². The molecule has 1 aliphatic rings. The minimum atomic E-state index is -0.287. The van der Waals surface area contributed by atoms with E-state index in [9.17, 15) is 4.39 Å².